The average Bonchev–Trinajstić information content (AvgIpc) is 2.97. The maximum absolute atomic E-state index is 5.82. The largest absolute Gasteiger partial charge is 0.495 e. The Morgan fingerprint density at radius 2 is 2.05 bits per heavy atom. The van der Waals surface area contributed by atoms with Crippen molar-refractivity contribution < 1.29 is 9.47 Å². The quantitative estimate of drug-likeness (QED) is 0.601. The number of thiophene rings is 1. The number of ether oxygens (including phenoxy) is 2. The zero-order valence-corrected chi connectivity index (χ0v) is 14.7. The molecule has 0 saturated carbocycles. The normalized spacial score (nSPS) is 12.2. The van der Waals surface area contributed by atoms with E-state index < -0.39 is 0 Å². The molecule has 1 aromatic carbocycles. The SMILES string of the molecule is CCc1ccsc1C(NN)c1ccc(OC)c(Br)c1OC. The molecular formula is C15H19BrN2O2S. The summed E-state index contributed by atoms with van der Waals surface area (Å²) in [6.45, 7) is 2.14. The molecule has 0 bridgehead atoms. The van der Waals surface area contributed by atoms with Crippen molar-refractivity contribution >= 4 is 27.3 Å². The van der Waals surface area contributed by atoms with E-state index in [1.165, 1.54) is 10.4 Å². The molecule has 0 aliphatic carbocycles. The predicted molar refractivity (Wildman–Crippen MR) is 90.1 cm³/mol. The van der Waals surface area contributed by atoms with E-state index in [0.717, 1.165) is 28.0 Å². The van der Waals surface area contributed by atoms with Crippen LogP contribution in [0, 0.1) is 0 Å². The van der Waals surface area contributed by atoms with E-state index in [1.54, 1.807) is 25.6 Å². The fourth-order valence-electron chi connectivity index (χ4n) is 2.34. The highest BCUT2D eigenvalue weighted by atomic mass is 79.9. The minimum atomic E-state index is -0.114. The molecule has 114 valence electrons. The number of hydrazine groups is 1. The van der Waals surface area contributed by atoms with Gasteiger partial charge in [0.05, 0.1) is 20.3 Å². The Morgan fingerprint density at radius 3 is 2.62 bits per heavy atom. The third-order valence-electron chi connectivity index (χ3n) is 3.42. The molecule has 6 heteroatoms. The van der Waals surface area contributed by atoms with Gasteiger partial charge < -0.3 is 9.47 Å². The van der Waals surface area contributed by atoms with Crippen molar-refractivity contribution in [3.63, 3.8) is 0 Å². The van der Waals surface area contributed by atoms with Gasteiger partial charge in [-0.2, -0.15) is 0 Å². The van der Waals surface area contributed by atoms with Gasteiger partial charge >= 0.3 is 0 Å². The van der Waals surface area contributed by atoms with E-state index in [-0.39, 0.29) is 6.04 Å². The lowest BCUT2D eigenvalue weighted by Gasteiger charge is -2.21. The Morgan fingerprint density at radius 1 is 1.29 bits per heavy atom. The summed E-state index contributed by atoms with van der Waals surface area (Å²) in [5.41, 5.74) is 5.17. The van der Waals surface area contributed by atoms with Crippen LogP contribution in [-0.4, -0.2) is 14.2 Å². The first-order valence-electron chi connectivity index (χ1n) is 6.60. The molecule has 1 aromatic heterocycles. The monoisotopic (exact) mass is 370 g/mol. The van der Waals surface area contributed by atoms with Crippen molar-refractivity contribution in [3.8, 4) is 11.5 Å². The maximum atomic E-state index is 5.82. The van der Waals surface area contributed by atoms with Crippen molar-refractivity contribution in [1.82, 2.24) is 5.43 Å². The molecular weight excluding hydrogens is 352 g/mol. The number of hydrogen-bond acceptors (Lipinski definition) is 5. The van der Waals surface area contributed by atoms with Gasteiger partial charge in [0, 0.05) is 10.4 Å². The minimum absolute atomic E-state index is 0.114. The van der Waals surface area contributed by atoms with E-state index in [2.05, 4.69) is 39.7 Å². The predicted octanol–water partition coefficient (Wildman–Crippen LogP) is 3.64. The minimum Gasteiger partial charge on any atom is -0.495 e. The van der Waals surface area contributed by atoms with Crippen LogP contribution in [0.25, 0.3) is 0 Å². The van der Waals surface area contributed by atoms with Gasteiger partial charge in [-0.3, -0.25) is 5.84 Å². The smallest absolute Gasteiger partial charge is 0.142 e. The molecule has 1 heterocycles. The number of hydrogen-bond donors (Lipinski definition) is 2. The van der Waals surface area contributed by atoms with Gasteiger partial charge in [-0.25, -0.2) is 5.43 Å². The number of benzene rings is 1. The molecule has 0 fully saturated rings. The number of methoxy groups -OCH3 is 2. The van der Waals surface area contributed by atoms with Crippen molar-refractivity contribution in [3.05, 3.63) is 44.1 Å². The van der Waals surface area contributed by atoms with Crippen LogP contribution in [0.2, 0.25) is 0 Å². The fourth-order valence-corrected chi connectivity index (χ4v) is 4.10. The summed E-state index contributed by atoms with van der Waals surface area (Å²) in [5.74, 6) is 7.28. The van der Waals surface area contributed by atoms with Crippen LogP contribution >= 0.6 is 27.3 Å². The van der Waals surface area contributed by atoms with Crippen LogP contribution < -0.4 is 20.7 Å². The third-order valence-corrected chi connectivity index (χ3v) is 5.19. The summed E-state index contributed by atoms with van der Waals surface area (Å²) in [5, 5.41) is 2.09. The second-order valence-electron chi connectivity index (χ2n) is 4.47. The van der Waals surface area contributed by atoms with Crippen LogP contribution in [0.5, 0.6) is 11.5 Å². The molecule has 3 N–H and O–H groups in total. The molecule has 2 aromatic rings. The first-order valence-corrected chi connectivity index (χ1v) is 8.27. The zero-order valence-electron chi connectivity index (χ0n) is 12.3. The van der Waals surface area contributed by atoms with Crippen LogP contribution in [-0.2, 0) is 6.42 Å². The summed E-state index contributed by atoms with van der Waals surface area (Å²) in [4.78, 5) is 1.20. The number of aryl methyl sites for hydroxylation is 1. The van der Waals surface area contributed by atoms with Crippen molar-refractivity contribution in [2.45, 2.75) is 19.4 Å². The number of halogens is 1. The van der Waals surface area contributed by atoms with Gasteiger partial charge in [0.1, 0.15) is 16.0 Å². The number of nitrogens with two attached hydrogens (primary N) is 1. The Kier molecular flexibility index (Phi) is 5.64. The van der Waals surface area contributed by atoms with Crippen LogP contribution in [0.1, 0.15) is 29.0 Å². The lowest BCUT2D eigenvalue weighted by molar-refractivity contribution is 0.383. The molecule has 2 rings (SSSR count). The summed E-state index contributed by atoms with van der Waals surface area (Å²) >= 11 is 5.23. The van der Waals surface area contributed by atoms with Gasteiger partial charge in [0.2, 0.25) is 0 Å². The zero-order chi connectivity index (χ0) is 15.4. The standard InChI is InChI=1S/C15H19BrN2O2S/c1-4-9-7-8-21-15(9)13(18-17)10-5-6-11(19-2)12(16)14(10)20-3/h5-8,13,18H,4,17H2,1-3H3. The van der Waals surface area contributed by atoms with Crippen molar-refractivity contribution in [1.29, 1.82) is 0 Å². The highest BCUT2D eigenvalue weighted by Gasteiger charge is 2.23. The van der Waals surface area contributed by atoms with E-state index >= 15 is 0 Å². The van der Waals surface area contributed by atoms with E-state index in [0.29, 0.717) is 0 Å². The summed E-state index contributed by atoms with van der Waals surface area (Å²) in [6.07, 6.45) is 0.969. The topological polar surface area (TPSA) is 56.5 Å². The summed E-state index contributed by atoms with van der Waals surface area (Å²) in [6, 6.07) is 5.91. The number of rotatable bonds is 6. The molecule has 4 nitrogen and oxygen atoms in total. The molecule has 0 radical (unpaired) electrons. The van der Waals surface area contributed by atoms with Gasteiger partial charge in [0.25, 0.3) is 0 Å². The molecule has 0 spiro atoms. The molecule has 0 aliphatic heterocycles. The fraction of sp³-hybridized carbons (Fsp3) is 0.333. The Balaban J connectivity index is 2.55. The molecule has 0 saturated heterocycles. The van der Waals surface area contributed by atoms with Gasteiger partial charge in [-0.1, -0.05) is 6.92 Å². The molecule has 1 unspecified atom stereocenters. The Hall–Kier alpha value is -1.08. The first-order chi connectivity index (χ1) is 10.2. The maximum Gasteiger partial charge on any atom is 0.142 e. The van der Waals surface area contributed by atoms with Gasteiger partial charge in [-0.05, 0) is 51.5 Å². The third kappa shape index (κ3) is 3.08. The highest BCUT2D eigenvalue weighted by Crippen LogP contribution is 2.42. The average molecular weight is 371 g/mol. The van der Waals surface area contributed by atoms with Gasteiger partial charge in [0.15, 0.2) is 0 Å². The summed E-state index contributed by atoms with van der Waals surface area (Å²) < 4.78 is 11.7. The van der Waals surface area contributed by atoms with Crippen LogP contribution in [0.3, 0.4) is 0 Å². The lowest BCUT2D eigenvalue weighted by Crippen LogP contribution is -2.29. The molecule has 21 heavy (non-hydrogen) atoms. The van der Waals surface area contributed by atoms with Crippen molar-refractivity contribution in [2.75, 3.05) is 14.2 Å². The molecule has 0 aliphatic rings. The summed E-state index contributed by atoms with van der Waals surface area (Å²) in [7, 11) is 3.28. The first kappa shape index (κ1) is 16.3. The van der Waals surface area contributed by atoms with Crippen LogP contribution in [0.15, 0.2) is 28.1 Å². The Labute approximate surface area is 137 Å². The van der Waals surface area contributed by atoms with E-state index in [9.17, 15) is 0 Å². The molecule has 0 amide bonds. The van der Waals surface area contributed by atoms with E-state index in [1.807, 2.05) is 12.1 Å². The Bertz CT molecular complexity index is 616. The second-order valence-corrected chi connectivity index (χ2v) is 6.21. The van der Waals surface area contributed by atoms with Crippen LogP contribution in [0.4, 0.5) is 0 Å². The lowest BCUT2D eigenvalue weighted by atomic mass is 10.0. The molecule has 1 atom stereocenters. The highest BCUT2D eigenvalue weighted by molar-refractivity contribution is 9.10. The second kappa shape index (κ2) is 7.26. The van der Waals surface area contributed by atoms with Gasteiger partial charge in [-0.15, -0.1) is 11.3 Å². The number of nitrogens with one attached hydrogen (secondary N) is 1. The van der Waals surface area contributed by atoms with E-state index in [4.69, 9.17) is 15.3 Å². The van der Waals surface area contributed by atoms with Crippen molar-refractivity contribution in [2.24, 2.45) is 5.84 Å².